The summed E-state index contributed by atoms with van der Waals surface area (Å²) in [5, 5.41) is 11.0. The largest absolute Gasteiger partial charge is 0.409 e. The highest BCUT2D eigenvalue weighted by molar-refractivity contribution is 5.83. The number of nitrogens with zero attached hydrogens (tertiary/aromatic N) is 2. The summed E-state index contributed by atoms with van der Waals surface area (Å²) in [6.07, 6.45) is -4.58. The van der Waals surface area contributed by atoms with E-state index in [1.807, 2.05) is 0 Å². The van der Waals surface area contributed by atoms with Crippen LogP contribution in [0.1, 0.15) is 13.8 Å². The lowest BCUT2D eigenvalue weighted by atomic mass is 10.1. The Bertz CT molecular complexity index is 291. The highest BCUT2D eigenvalue weighted by Gasteiger charge is 2.43. The van der Waals surface area contributed by atoms with Gasteiger partial charge in [0.25, 0.3) is 0 Å². The molecule has 0 amide bonds. The third kappa shape index (κ3) is 8.74. The fourth-order valence-corrected chi connectivity index (χ4v) is 1.66. The van der Waals surface area contributed by atoms with Crippen molar-refractivity contribution in [2.75, 3.05) is 46.1 Å². The van der Waals surface area contributed by atoms with Crippen molar-refractivity contribution in [3.63, 3.8) is 0 Å². The molecule has 0 heterocycles. The standard InChI is InChI=1S/C12H24F3N3O3/c1-3-20-7-5-18(6-8-21-4-2)9-10(11(16)17-19)12(13,14)15/h10,19H,3-9H2,1-2H3,(H2,16,17). The van der Waals surface area contributed by atoms with Gasteiger partial charge in [0, 0.05) is 32.8 Å². The van der Waals surface area contributed by atoms with Crippen molar-refractivity contribution in [3.05, 3.63) is 0 Å². The van der Waals surface area contributed by atoms with Crippen LogP contribution in [0.4, 0.5) is 13.2 Å². The quantitative estimate of drug-likeness (QED) is 0.197. The lowest BCUT2D eigenvalue weighted by molar-refractivity contribution is -0.161. The maximum atomic E-state index is 12.9. The molecular weight excluding hydrogens is 291 g/mol. The lowest BCUT2D eigenvalue weighted by Crippen LogP contribution is -2.46. The third-order valence-electron chi connectivity index (χ3n) is 2.82. The monoisotopic (exact) mass is 315 g/mol. The Labute approximate surface area is 122 Å². The minimum atomic E-state index is -4.58. The molecule has 0 bridgehead atoms. The number of amidine groups is 1. The molecule has 0 aromatic carbocycles. The molecule has 0 aromatic heterocycles. The van der Waals surface area contributed by atoms with E-state index in [1.165, 1.54) is 4.90 Å². The number of halogens is 3. The zero-order chi connectivity index (χ0) is 16.3. The van der Waals surface area contributed by atoms with Gasteiger partial charge in [0.1, 0.15) is 5.92 Å². The van der Waals surface area contributed by atoms with E-state index in [9.17, 15) is 13.2 Å². The van der Waals surface area contributed by atoms with E-state index in [1.54, 1.807) is 13.8 Å². The Hall–Kier alpha value is -1.06. The fourth-order valence-electron chi connectivity index (χ4n) is 1.66. The molecule has 9 heteroatoms. The van der Waals surface area contributed by atoms with Crippen LogP contribution < -0.4 is 5.73 Å². The molecule has 0 saturated carbocycles. The average Bonchev–Trinajstić information content (AvgIpc) is 2.42. The summed E-state index contributed by atoms with van der Waals surface area (Å²) in [5.41, 5.74) is 5.15. The zero-order valence-electron chi connectivity index (χ0n) is 12.4. The molecule has 0 fully saturated rings. The maximum Gasteiger partial charge on any atom is 0.400 e. The molecule has 3 N–H and O–H groups in total. The van der Waals surface area contributed by atoms with Crippen molar-refractivity contribution in [3.8, 4) is 0 Å². The van der Waals surface area contributed by atoms with E-state index in [0.29, 0.717) is 39.5 Å². The van der Waals surface area contributed by atoms with Crippen molar-refractivity contribution in [1.82, 2.24) is 4.90 Å². The number of oxime groups is 1. The Kier molecular flexibility index (Phi) is 10.1. The van der Waals surface area contributed by atoms with Crippen LogP contribution in [0.5, 0.6) is 0 Å². The zero-order valence-corrected chi connectivity index (χ0v) is 12.4. The van der Waals surface area contributed by atoms with Crippen LogP contribution in [-0.2, 0) is 9.47 Å². The first-order valence-corrected chi connectivity index (χ1v) is 6.78. The number of ether oxygens (including phenoxy) is 2. The first-order valence-electron chi connectivity index (χ1n) is 6.78. The second kappa shape index (κ2) is 10.6. The van der Waals surface area contributed by atoms with Crippen LogP contribution in [0, 0.1) is 5.92 Å². The van der Waals surface area contributed by atoms with Gasteiger partial charge in [0.15, 0.2) is 5.84 Å². The molecule has 0 aliphatic heterocycles. The van der Waals surface area contributed by atoms with Gasteiger partial charge in [-0.05, 0) is 13.8 Å². The molecule has 21 heavy (non-hydrogen) atoms. The number of hydrogen-bond donors (Lipinski definition) is 2. The normalized spacial score (nSPS) is 14.7. The molecule has 1 atom stereocenters. The first-order chi connectivity index (χ1) is 9.86. The van der Waals surface area contributed by atoms with E-state index in [0.717, 1.165) is 0 Å². The van der Waals surface area contributed by atoms with Crippen LogP contribution in [0.15, 0.2) is 5.16 Å². The number of rotatable bonds is 11. The lowest BCUT2D eigenvalue weighted by Gasteiger charge is -2.28. The van der Waals surface area contributed by atoms with Crippen molar-refractivity contribution < 1.29 is 27.9 Å². The molecule has 126 valence electrons. The maximum absolute atomic E-state index is 12.9. The van der Waals surface area contributed by atoms with Crippen molar-refractivity contribution in [2.24, 2.45) is 16.8 Å². The highest BCUT2D eigenvalue weighted by atomic mass is 19.4. The summed E-state index contributed by atoms with van der Waals surface area (Å²) >= 11 is 0. The van der Waals surface area contributed by atoms with Crippen LogP contribution in [0.2, 0.25) is 0 Å². The summed E-state index contributed by atoms with van der Waals surface area (Å²) < 4.78 is 49.1. The topological polar surface area (TPSA) is 80.3 Å². The van der Waals surface area contributed by atoms with Crippen LogP contribution in [0.25, 0.3) is 0 Å². The summed E-state index contributed by atoms with van der Waals surface area (Å²) in [6, 6.07) is 0. The van der Waals surface area contributed by atoms with E-state index in [4.69, 9.17) is 20.4 Å². The van der Waals surface area contributed by atoms with E-state index in [-0.39, 0.29) is 0 Å². The van der Waals surface area contributed by atoms with E-state index >= 15 is 0 Å². The highest BCUT2D eigenvalue weighted by Crippen LogP contribution is 2.27. The Morgan fingerprint density at radius 3 is 2.00 bits per heavy atom. The molecule has 0 aliphatic carbocycles. The van der Waals surface area contributed by atoms with Gasteiger partial charge < -0.3 is 20.4 Å². The first kappa shape index (κ1) is 19.9. The molecule has 0 rings (SSSR count). The molecule has 0 saturated heterocycles. The number of hydrogen-bond acceptors (Lipinski definition) is 5. The summed E-state index contributed by atoms with van der Waals surface area (Å²) in [6.45, 7) is 5.42. The summed E-state index contributed by atoms with van der Waals surface area (Å²) in [5.74, 6) is -2.87. The van der Waals surface area contributed by atoms with Crippen molar-refractivity contribution >= 4 is 5.84 Å². The molecule has 0 spiro atoms. The van der Waals surface area contributed by atoms with Gasteiger partial charge in [0.05, 0.1) is 13.2 Å². The molecule has 0 aliphatic rings. The fraction of sp³-hybridized carbons (Fsp3) is 0.917. The molecular formula is C12H24F3N3O3. The van der Waals surface area contributed by atoms with Gasteiger partial charge in [-0.2, -0.15) is 13.2 Å². The molecule has 1 unspecified atom stereocenters. The Balaban J connectivity index is 4.69. The van der Waals surface area contributed by atoms with Gasteiger partial charge in [-0.15, -0.1) is 0 Å². The van der Waals surface area contributed by atoms with Crippen molar-refractivity contribution in [2.45, 2.75) is 20.0 Å². The predicted molar refractivity (Wildman–Crippen MR) is 72.4 cm³/mol. The second-order valence-corrected chi connectivity index (χ2v) is 4.31. The van der Waals surface area contributed by atoms with Crippen LogP contribution in [0.3, 0.4) is 0 Å². The summed E-state index contributed by atoms with van der Waals surface area (Å²) in [4.78, 5) is 1.53. The second-order valence-electron chi connectivity index (χ2n) is 4.31. The minimum absolute atomic E-state index is 0.309. The Morgan fingerprint density at radius 2 is 1.67 bits per heavy atom. The van der Waals surface area contributed by atoms with Crippen LogP contribution in [-0.4, -0.2) is 68.2 Å². The van der Waals surface area contributed by atoms with Gasteiger partial charge in [-0.25, -0.2) is 0 Å². The molecule has 0 aromatic rings. The van der Waals surface area contributed by atoms with E-state index < -0.39 is 24.5 Å². The predicted octanol–water partition coefficient (Wildman–Crippen LogP) is 1.29. The van der Waals surface area contributed by atoms with Gasteiger partial charge >= 0.3 is 6.18 Å². The third-order valence-corrected chi connectivity index (χ3v) is 2.82. The van der Waals surface area contributed by atoms with Gasteiger partial charge in [-0.1, -0.05) is 5.16 Å². The van der Waals surface area contributed by atoms with Gasteiger partial charge in [-0.3, -0.25) is 4.90 Å². The summed E-state index contributed by atoms with van der Waals surface area (Å²) in [7, 11) is 0. The van der Waals surface area contributed by atoms with E-state index in [2.05, 4.69) is 5.16 Å². The molecule has 0 radical (unpaired) electrons. The smallest absolute Gasteiger partial charge is 0.400 e. The SMILES string of the molecule is CCOCCN(CCOCC)CC(C(N)=NO)C(F)(F)F. The van der Waals surface area contributed by atoms with Crippen molar-refractivity contribution in [1.29, 1.82) is 0 Å². The van der Waals surface area contributed by atoms with Crippen LogP contribution >= 0.6 is 0 Å². The number of alkyl halides is 3. The van der Waals surface area contributed by atoms with Gasteiger partial charge in [0.2, 0.25) is 0 Å². The molecule has 6 nitrogen and oxygen atoms in total. The minimum Gasteiger partial charge on any atom is -0.409 e. The Morgan fingerprint density at radius 1 is 1.19 bits per heavy atom. The average molecular weight is 315 g/mol. The number of nitrogens with two attached hydrogens (primary N) is 1.